The number of aromatic nitrogens is 1. The van der Waals surface area contributed by atoms with E-state index < -0.39 is 22.8 Å². The van der Waals surface area contributed by atoms with Crippen molar-refractivity contribution in [3.8, 4) is 28.2 Å². The van der Waals surface area contributed by atoms with Crippen LogP contribution in [0.25, 0.3) is 34.3 Å². The van der Waals surface area contributed by atoms with Gasteiger partial charge >= 0.3 is 6.03 Å². The van der Waals surface area contributed by atoms with Crippen molar-refractivity contribution in [2.75, 3.05) is 4.90 Å². The number of nitro benzene ring substituents is 1. The number of anilines is 1. The fraction of sp³-hybridized carbons (Fsp3) is 0. The molecule has 43 heavy (non-hydrogen) atoms. The van der Waals surface area contributed by atoms with Gasteiger partial charge in [-0.2, -0.15) is 0 Å². The number of barbiturate groups is 1. The molecule has 1 N–H and O–H groups in total. The van der Waals surface area contributed by atoms with Crippen LogP contribution in [0.5, 0.6) is 0 Å². The second kappa shape index (κ2) is 11.2. The number of nitrogens with zero attached hydrogens (tertiary/aromatic N) is 3. The number of hydrogen-bond donors (Lipinski definition) is 1. The lowest BCUT2D eigenvalue weighted by atomic mass is 10.0. The van der Waals surface area contributed by atoms with Crippen LogP contribution in [-0.2, 0) is 9.59 Å². The molecule has 0 spiro atoms. The van der Waals surface area contributed by atoms with Crippen molar-refractivity contribution in [3.05, 3.63) is 142 Å². The van der Waals surface area contributed by atoms with E-state index in [2.05, 4.69) is 5.32 Å². The maximum atomic E-state index is 13.7. The second-order valence-corrected chi connectivity index (χ2v) is 10.0. The molecule has 1 aliphatic rings. The van der Waals surface area contributed by atoms with Crippen LogP contribution in [0, 0.1) is 10.1 Å². The molecule has 5 aromatic rings. The van der Waals surface area contributed by atoms with Gasteiger partial charge in [-0.1, -0.05) is 72.3 Å². The van der Waals surface area contributed by atoms with Crippen LogP contribution in [0.4, 0.5) is 16.2 Å². The first kappa shape index (κ1) is 27.4. The third-order valence-corrected chi connectivity index (χ3v) is 7.20. The number of carbonyl (C=O) groups excluding carboxylic acids is 3. The molecule has 0 atom stereocenters. The minimum absolute atomic E-state index is 0.0581. The third-order valence-electron chi connectivity index (χ3n) is 6.95. The summed E-state index contributed by atoms with van der Waals surface area (Å²) in [6.07, 6.45) is 1.46. The summed E-state index contributed by atoms with van der Waals surface area (Å²) in [5.41, 5.74) is 4.05. The highest BCUT2D eigenvalue weighted by Gasteiger charge is 2.37. The monoisotopic (exact) mass is 588 g/mol. The lowest BCUT2D eigenvalue weighted by molar-refractivity contribution is -0.384. The van der Waals surface area contributed by atoms with Gasteiger partial charge in [-0.15, -0.1) is 0 Å². The molecule has 0 radical (unpaired) electrons. The average Bonchev–Trinajstić information content (AvgIpc) is 3.40. The Morgan fingerprint density at radius 2 is 1.33 bits per heavy atom. The quantitative estimate of drug-likeness (QED) is 0.0989. The third kappa shape index (κ3) is 5.20. The van der Waals surface area contributed by atoms with Gasteiger partial charge in [-0.05, 0) is 59.7 Å². The first-order valence-corrected chi connectivity index (χ1v) is 13.5. The van der Waals surface area contributed by atoms with E-state index in [0.29, 0.717) is 22.0 Å². The summed E-state index contributed by atoms with van der Waals surface area (Å²) in [7, 11) is 0. The zero-order chi connectivity index (χ0) is 30.1. The topological polar surface area (TPSA) is 115 Å². The van der Waals surface area contributed by atoms with Crippen molar-refractivity contribution in [3.63, 3.8) is 0 Å². The first-order chi connectivity index (χ1) is 20.8. The van der Waals surface area contributed by atoms with Gasteiger partial charge in [0.2, 0.25) is 0 Å². The summed E-state index contributed by atoms with van der Waals surface area (Å²) in [6, 6.07) is 32.1. The van der Waals surface area contributed by atoms with Gasteiger partial charge in [0, 0.05) is 28.4 Å². The predicted molar refractivity (Wildman–Crippen MR) is 164 cm³/mol. The molecular weight excluding hydrogens is 568 g/mol. The number of non-ortho nitro benzene ring substituents is 1. The molecular formula is C33H21ClN4O5. The number of nitrogens with one attached hydrogen (secondary N) is 1. The molecule has 0 unspecified atom stereocenters. The minimum atomic E-state index is -0.869. The lowest BCUT2D eigenvalue weighted by Crippen LogP contribution is -2.54. The zero-order valence-electron chi connectivity index (χ0n) is 22.3. The summed E-state index contributed by atoms with van der Waals surface area (Å²) in [5, 5.41) is 14.1. The summed E-state index contributed by atoms with van der Waals surface area (Å²) in [5.74, 6) is -1.62. The van der Waals surface area contributed by atoms with Crippen LogP contribution in [-0.4, -0.2) is 27.3 Å². The number of nitro groups is 1. The molecule has 4 aromatic carbocycles. The predicted octanol–water partition coefficient (Wildman–Crippen LogP) is 7.04. The number of halogens is 1. The number of carbonyl (C=O) groups is 3. The Morgan fingerprint density at radius 1 is 0.744 bits per heavy atom. The van der Waals surface area contributed by atoms with Crippen molar-refractivity contribution < 1.29 is 19.3 Å². The van der Waals surface area contributed by atoms with Gasteiger partial charge in [0.15, 0.2) is 0 Å². The molecule has 1 aliphatic heterocycles. The number of hydrogen-bond acceptors (Lipinski definition) is 5. The maximum Gasteiger partial charge on any atom is 0.335 e. The fourth-order valence-corrected chi connectivity index (χ4v) is 5.11. The number of rotatable bonds is 6. The van der Waals surface area contributed by atoms with Crippen molar-refractivity contribution >= 4 is 46.9 Å². The van der Waals surface area contributed by atoms with Gasteiger partial charge in [-0.25, -0.2) is 9.69 Å². The molecule has 4 amide bonds. The highest BCUT2D eigenvalue weighted by molar-refractivity contribution is 6.39. The van der Waals surface area contributed by atoms with E-state index in [9.17, 15) is 24.5 Å². The maximum absolute atomic E-state index is 13.7. The highest BCUT2D eigenvalue weighted by atomic mass is 35.5. The van der Waals surface area contributed by atoms with E-state index in [1.807, 2.05) is 71.3 Å². The van der Waals surface area contributed by atoms with Crippen LogP contribution < -0.4 is 10.2 Å². The zero-order valence-corrected chi connectivity index (χ0v) is 23.1. The number of benzene rings is 4. The van der Waals surface area contributed by atoms with Crippen LogP contribution in [0.2, 0.25) is 5.02 Å². The van der Waals surface area contributed by atoms with E-state index in [0.717, 1.165) is 21.7 Å². The van der Waals surface area contributed by atoms with Gasteiger partial charge in [0.25, 0.3) is 17.5 Å². The molecule has 9 nitrogen and oxygen atoms in total. The molecule has 1 aromatic heterocycles. The smallest absolute Gasteiger partial charge is 0.309 e. The largest absolute Gasteiger partial charge is 0.335 e. The van der Waals surface area contributed by atoms with Crippen molar-refractivity contribution in [2.45, 2.75) is 0 Å². The molecule has 10 heteroatoms. The molecule has 0 bridgehead atoms. The molecule has 1 fully saturated rings. The van der Waals surface area contributed by atoms with Crippen molar-refractivity contribution in [1.29, 1.82) is 0 Å². The molecule has 0 saturated carbocycles. The standard InChI is InChI=1S/C33H21ClN4O5/c34-24-11-13-26(14-12-24)37-32(40)28(31(39)35-33(37)41)19-23-20-29(21-7-3-1-4-8-21)36(30(23)22-9-5-2-6-10-22)25-15-17-27(18-16-25)38(42)43/h1-20H,(H,35,39,41). The average molecular weight is 589 g/mol. The van der Waals surface area contributed by atoms with Crippen LogP contribution in [0.1, 0.15) is 5.56 Å². The summed E-state index contributed by atoms with van der Waals surface area (Å²) in [6.45, 7) is 0. The van der Waals surface area contributed by atoms with E-state index in [1.165, 1.54) is 30.3 Å². The Kier molecular flexibility index (Phi) is 7.15. The van der Waals surface area contributed by atoms with E-state index in [4.69, 9.17) is 11.6 Å². The second-order valence-electron chi connectivity index (χ2n) is 9.61. The molecule has 1 saturated heterocycles. The number of amides is 4. The highest BCUT2D eigenvalue weighted by Crippen LogP contribution is 2.38. The van der Waals surface area contributed by atoms with E-state index in [1.54, 1.807) is 24.3 Å². The minimum Gasteiger partial charge on any atom is -0.309 e. The van der Waals surface area contributed by atoms with Crippen molar-refractivity contribution in [2.24, 2.45) is 0 Å². The van der Waals surface area contributed by atoms with E-state index >= 15 is 0 Å². The number of imide groups is 2. The van der Waals surface area contributed by atoms with Crippen LogP contribution in [0.15, 0.2) is 121 Å². The van der Waals surface area contributed by atoms with Crippen LogP contribution in [0.3, 0.4) is 0 Å². The van der Waals surface area contributed by atoms with Gasteiger partial charge in [0.05, 0.1) is 22.0 Å². The van der Waals surface area contributed by atoms with Crippen molar-refractivity contribution in [1.82, 2.24) is 9.88 Å². The number of urea groups is 1. The normalized spacial score (nSPS) is 14.2. The Bertz CT molecular complexity index is 1920. The summed E-state index contributed by atoms with van der Waals surface area (Å²) < 4.78 is 1.92. The molecule has 6 rings (SSSR count). The lowest BCUT2D eigenvalue weighted by Gasteiger charge is -2.26. The Morgan fingerprint density at radius 3 is 1.93 bits per heavy atom. The Labute approximate surface area is 250 Å². The molecule has 210 valence electrons. The Balaban J connectivity index is 1.59. The first-order valence-electron chi connectivity index (χ1n) is 13.1. The summed E-state index contributed by atoms with van der Waals surface area (Å²) in [4.78, 5) is 51.3. The SMILES string of the molecule is O=C1NC(=O)N(c2ccc(Cl)cc2)C(=O)C1=Cc1cc(-c2ccccc2)n(-c2ccc([N+](=O)[O-])cc2)c1-c1ccccc1. The molecule has 2 heterocycles. The molecule has 0 aliphatic carbocycles. The van der Waals surface area contributed by atoms with E-state index in [-0.39, 0.29) is 16.9 Å². The van der Waals surface area contributed by atoms with Gasteiger partial charge < -0.3 is 4.57 Å². The van der Waals surface area contributed by atoms with Gasteiger partial charge in [0.1, 0.15) is 5.57 Å². The van der Waals surface area contributed by atoms with Crippen LogP contribution >= 0.6 is 11.6 Å². The van der Waals surface area contributed by atoms with Gasteiger partial charge in [-0.3, -0.25) is 25.0 Å². The fourth-order valence-electron chi connectivity index (χ4n) is 4.98. The summed E-state index contributed by atoms with van der Waals surface area (Å²) >= 11 is 6.00. The Hall–Kier alpha value is -5.80.